The van der Waals surface area contributed by atoms with Crippen LogP contribution >= 0.6 is 11.3 Å². The fourth-order valence-electron chi connectivity index (χ4n) is 2.70. The van der Waals surface area contributed by atoms with E-state index in [0.29, 0.717) is 12.1 Å². The second-order valence-corrected chi connectivity index (χ2v) is 7.18. The molecule has 0 aliphatic carbocycles. The van der Waals surface area contributed by atoms with E-state index >= 15 is 0 Å². The van der Waals surface area contributed by atoms with Gasteiger partial charge in [-0.25, -0.2) is 0 Å². The van der Waals surface area contributed by atoms with Gasteiger partial charge in [0.15, 0.2) is 0 Å². The number of ether oxygens (including phenoxy) is 1. The maximum absolute atomic E-state index is 5.77. The average Bonchev–Trinajstić information content (AvgIpc) is 2.81. The minimum atomic E-state index is 0.0203. The molecule has 3 nitrogen and oxygen atoms in total. The van der Waals surface area contributed by atoms with Crippen molar-refractivity contribution in [3.8, 4) is 0 Å². The highest BCUT2D eigenvalue weighted by molar-refractivity contribution is 7.10. The zero-order valence-electron chi connectivity index (χ0n) is 12.5. The first-order valence-corrected chi connectivity index (χ1v) is 7.93. The van der Waals surface area contributed by atoms with Gasteiger partial charge in [-0.05, 0) is 52.2 Å². The molecule has 0 radical (unpaired) electrons. The Morgan fingerprint density at radius 2 is 2.32 bits per heavy atom. The van der Waals surface area contributed by atoms with Crippen molar-refractivity contribution in [3.05, 3.63) is 22.4 Å². The van der Waals surface area contributed by atoms with Gasteiger partial charge in [0.05, 0.1) is 11.6 Å². The lowest BCUT2D eigenvalue weighted by Crippen LogP contribution is -2.45. The van der Waals surface area contributed by atoms with E-state index in [9.17, 15) is 0 Å². The summed E-state index contributed by atoms with van der Waals surface area (Å²) >= 11 is 1.84. The van der Waals surface area contributed by atoms with Crippen LogP contribution in [0.5, 0.6) is 0 Å². The summed E-state index contributed by atoms with van der Waals surface area (Å²) in [4.78, 5) is 3.73. The lowest BCUT2D eigenvalue weighted by atomic mass is 9.94. The first kappa shape index (κ1) is 15.0. The molecule has 1 aliphatic heterocycles. The molecule has 2 unspecified atom stereocenters. The Bertz CT molecular complexity index is 376. The summed E-state index contributed by atoms with van der Waals surface area (Å²) in [5, 5.41) is 5.89. The molecule has 1 fully saturated rings. The van der Waals surface area contributed by atoms with Gasteiger partial charge in [-0.15, -0.1) is 11.3 Å². The summed E-state index contributed by atoms with van der Waals surface area (Å²) in [5.74, 6) is 0. The topological polar surface area (TPSA) is 24.5 Å². The van der Waals surface area contributed by atoms with Gasteiger partial charge < -0.3 is 15.0 Å². The van der Waals surface area contributed by atoms with Crippen molar-refractivity contribution >= 4 is 11.3 Å². The Morgan fingerprint density at radius 1 is 1.53 bits per heavy atom. The van der Waals surface area contributed by atoms with Crippen molar-refractivity contribution in [2.45, 2.75) is 44.4 Å². The maximum atomic E-state index is 5.77. The third kappa shape index (κ3) is 4.28. The monoisotopic (exact) mass is 282 g/mol. The predicted octanol–water partition coefficient (Wildman–Crippen LogP) is 2.90. The van der Waals surface area contributed by atoms with Crippen LogP contribution in [0.25, 0.3) is 0 Å². The van der Waals surface area contributed by atoms with Crippen LogP contribution in [0.4, 0.5) is 0 Å². The molecule has 0 bridgehead atoms. The number of rotatable bonds is 5. The van der Waals surface area contributed by atoms with Gasteiger partial charge in [0.25, 0.3) is 0 Å². The number of nitrogens with one attached hydrogen (secondary N) is 1. The number of hydrogen-bond donors (Lipinski definition) is 1. The van der Waals surface area contributed by atoms with Crippen molar-refractivity contribution in [3.63, 3.8) is 0 Å². The van der Waals surface area contributed by atoms with E-state index in [1.165, 1.54) is 4.88 Å². The van der Waals surface area contributed by atoms with Crippen LogP contribution < -0.4 is 5.32 Å². The van der Waals surface area contributed by atoms with Gasteiger partial charge in [0.2, 0.25) is 0 Å². The van der Waals surface area contributed by atoms with Crippen LogP contribution in [0, 0.1) is 0 Å². The van der Waals surface area contributed by atoms with Crippen LogP contribution in [-0.4, -0.2) is 43.8 Å². The molecule has 0 spiro atoms. The Kier molecular flexibility index (Phi) is 5.01. The quantitative estimate of drug-likeness (QED) is 0.899. The van der Waals surface area contributed by atoms with Crippen molar-refractivity contribution in [1.29, 1.82) is 0 Å². The molecule has 1 aromatic heterocycles. The van der Waals surface area contributed by atoms with Gasteiger partial charge >= 0.3 is 0 Å². The summed E-state index contributed by atoms with van der Waals surface area (Å²) in [7, 11) is 4.31. The fraction of sp³-hybridized carbons (Fsp3) is 0.733. The second-order valence-electron chi connectivity index (χ2n) is 6.20. The molecule has 108 valence electrons. The Hall–Kier alpha value is -0.420. The zero-order valence-corrected chi connectivity index (χ0v) is 13.3. The van der Waals surface area contributed by atoms with E-state index in [2.05, 4.69) is 55.7 Å². The largest absolute Gasteiger partial charge is 0.375 e. The molecule has 2 rings (SSSR count). The van der Waals surface area contributed by atoms with Crippen LogP contribution in [0.15, 0.2) is 17.5 Å². The van der Waals surface area contributed by atoms with E-state index in [4.69, 9.17) is 4.74 Å². The number of thiophene rings is 1. The van der Waals surface area contributed by atoms with Crippen LogP contribution in [0.3, 0.4) is 0 Å². The molecule has 0 saturated carbocycles. The van der Waals surface area contributed by atoms with Crippen LogP contribution in [0.1, 0.15) is 37.6 Å². The van der Waals surface area contributed by atoms with Crippen LogP contribution in [-0.2, 0) is 4.74 Å². The zero-order chi connectivity index (χ0) is 13.9. The minimum absolute atomic E-state index is 0.0203. The molecule has 2 atom stereocenters. The lowest BCUT2D eigenvalue weighted by molar-refractivity contribution is -0.0632. The molecule has 0 aromatic carbocycles. The average molecular weight is 282 g/mol. The van der Waals surface area contributed by atoms with E-state index in [-0.39, 0.29) is 5.60 Å². The van der Waals surface area contributed by atoms with E-state index in [0.717, 1.165) is 26.0 Å². The van der Waals surface area contributed by atoms with Gasteiger partial charge in [-0.2, -0.15) is 0 Å². The third-order valence-electron chi connectivity index (χ3n) is 3.79. The van der Waals surface area contributed by atoms with Gasteiger partial charge in [-0.3, -0.25) is 0 Å². The van der Waals surface area contributed by atoms with Crippen molar-refractivity contribution in [2.24, 2.45) is 0 Å². The molecular formula is C15H26N2OS. The first-order valence-electron chi connectivity index (χ1n) is 7.05. The van der Waals surface area contributed by atoms with Gasteiger partial charge in [-0.1, -0.05) is 6.07 Å². The number of likely N-dealkylation sites (N-methyl/N-ethyl adjacent to an activating group) is 1. The number of hydrogen-bond acceptors (Lipinski definition) is 4. The second kappa shape index (κ2) is 6.35. The Labute approximate surface area is 121 Å². The third-order valence-corrected chi connectivity index (χ3v) is 4.77. The molecule has 1 N–H and O–H groups in total. The van der Waals surface area contributed by atoms with E-state index in [1.807, 2.05) is 11.3 Å². The lowest BCUT2D eigenvalue weighted by Gasteiger charge is -2.37. The standard InChI is InChI=1S/C15H26N2OS/c1-15(2)10-12(7-8-18-15)16-11-13(17(3)4)14-6-5-9-19-14/h5-6,9,12-13,16H,7-8,10-11H2,1-4H3. The Morgan fingerprint density at radius 3 is 2.89 bits per heavy atom. The minimum Gasteiger partial charge on any atom is -0.375 e. The molecule has 19 heavy (non-hydrogen) atoms. The molecule has 1 aromatic rings. The smallest absolute Gasteiger partial charge is 0.0641 e. The highest BCUT2D eigenvalue weighted by Crippen LogP contribution is 2.26. The molecule has 1 aliphatic rings. The molecule has 2 heterocycles. The summed E-state index contributed by atoms with van der Waals surface area (Å²) in [6.07, 6.45) is 2.21. The fourth-order valence-corrected chi connectivity index (χ4v) is 3.63. The predicted molar refractivity (Wildman–Crippen MR) is 81.8 cm³/mol. The van der Waals surface area contributed by atoms with E-state index in [1.54, 1.807) is 0 Å². The van der Waals surface area contributed by atoms with Crippen molar-refractivity contribution in [2.75, 3.05) is 27.2 Å². The van der Waals surface area contributed by atoms with Gasteiger partial charge in [0, 0.05) is 24.1 Å². The SMILES string of the molecule is CN(C)C(CNC1CCOC(C)(C)C1)c1cccs1. The first-order chi connectivity index (χ1) is 8.98. The molecular weight excluding hydrogens is 256 g/mol. The molecule has 0 amide bonds. The highest BCUT2D eigenvalue weighted by atomic mass is 32.1. The summed E-state index contributed by atoms with van der Waals surface area (Å²) in [6.45, 7) is 6.25. The van der Waals surface area contributed by atoms with Crippen molar-refractivity contribution < 1.29 is 4.74 Å². The molecule has 1 saturated heterocycles. The van der Waals surface area contributed by atoms with Gasteiger partial charge in [0.1, 0.15) is 0 Å². The maximum Gasteiger partial charge on any atom is 0.0641 e. The highest BCUT2D eigenvalue weighted by Gasteiger charge is 2.29. The van der Waals surface area contributed by atoms with E-state index < -0.39 is 0 Å². The van der Waals surface area contributed by atoms with Crippen LogP contribution in [0.2, 0.25) is 0 Å². The summed E-state index contributed by atoms with van der Waals surface area (Å²) in [6, 6.07) is 5.40. The normalized spacial score (nSPS) is 24.6. The summed E-state index contributed by atoms with van der Waals surface area (Å²) < 4.78 is 5.77. The number of nitrogens with zero attached hydrogens (tertiary/aromatic N) is 1. The molecule has 4 heteroatoms. The summed E-state index contributed by atoms with van der Waals surface area (Å²) in [5.41, 5.74) is 0.0203. The Balaban J connectivity index is 1.89. The van der Waals surface area contributed by atoms with Crippen molar-refractivity contribution in [1.82, 2.24) is 10.2 Å².